The zero-order valence-corrected chi connectivity index (χ0v) is 14.0. The molecule has 0 fully saturated rings. The number of hydrogen-bond acceptors (Lipinski definition) is 2. The number of pyridine rings is 1. The molecule has 2 heterocycles. The summed E-state index contributed by atoms with van der Waals surface area (Å²) in [5.74, 6) is 0.827. The fourth-order valence-electron chi connectivity index (χ4n) is 2.95. The lowest BCUT2D eigenvalue weighted by molar-refractivity contribution is 0.915. The van der Waals surface area contributed by atoms with Crippen LogP contribution in [0.3, 0.4) is 0 Å². The average Bonchev–Trinajstić information content (AvgIpc) is 3.04. The largest absolute Gasteiger partial charge is 0.333 e. The van der Waals surface area contributed by atoms with E-state index in [1.54, 1.807) is 6.20 Å². The number of aryl methyl sites for hydroxylation is 1. The summed E-state index contributed by atoms with van der Waals surface area (Å²) in [7, 11) is 1.97. The molecule has 2 aromatic heterocycles. The molecule has 0 N–H and O–H groups in total. The van der Waals surface area contributed by atoms with Gasteiger partial charge in [0.25, 0.3) is 0 Å². The lowest BCUT2D eigenvalue weighted by atomic mass is 10.0. The third-order valence-corrected chi connectivity index (χ3v) is 4.61. The zero-order chi connectivity index (χ0) is 16.5. The van der Waals surface area contributed by atoms with Crippen molar-refractivity contribution in [2.45, 2.75) is 6.42 Å². The molecule has 0 amide bonds. The Labute approximate surface area is 145 Å². The first-order chi connectivity index (χ1) is 11.7. The Balaban J connectivity index is 1.98. The molecule has 0 bridgehead atoms. The van der Waals surface area contributed by atoms with E-state index >= 15 is 0 Å². The van der Waals surface area contributed by atoms with Crippen molar-refractivity contribution in [1.29, 1.82) is 0 Å². The average molecular weight is 334 g/mol. The molecule has 0 radical (unpaired) electrons. The second-order valence-corrected chi connectivity index (χ2v) is 6.17. The van der Waals surface area contributed by atoms with E-state index in [4.69, 9.17) is 16.6 Å². The van der Waals surface area contributed by atoms with Gasteiger partial charge in [-0.25, -0.2) is 9.97 Å². The highest BCUT2D eigenvalue weighted by molar-refractivity contribution is 6.36. The van der Waals surface area contributed by atoms with Gasteiger partial charge in [-0.2, -0.15) is 0 Å². The van der Waals surface area contributed by atoms with Crippen LogP contribution in [-0.2, 0) is 13.5 Å². The predicted molar refractivity (Wildman–Crippen MR) is 98.2 cm³/mol. The number of benzene rings is 2. The topological polar surface area (TPSA) is 30.7 Å². The van der Waals surface area contributed by atoms with Crippen molar-refractivity contribution in [3.05, 3.63) is 83.1 Å². The van der Waals surface area contributed by atoms with Gasteiger partial charge < -0.3 is 4.57 Å². The number of aromatic nitrogens is 3. The van der Waals surface area contributed by atoms with Gasteiger partial charge in [-0.15, -0.1) is 0 Å². The van der Waals surface area contributed by atoms with Crippen molar-refractivity contribution in [1.82, 2.24) is 14.5 Å². The maximum atomic E-state index is 6.79. The van der Waals surface area contributed by atoms with Crippen molar-refractivity contribution < 1.29 is 0 Å². The molecule has 0 spiro atoms. The minimum absolute atomic E-state index is 0.722. The summed E-state index contributed by atoms with van der Waals surface area (Å²) >= 11 is 6.79. The smallest absolute Gasteiger partial charge is 0.158 e. The van der Waals surface area contributed by atoms with E-state index in [9.17, 15) is 0 Å². The first-order valence-electron chi connectivity index (χ1n) is 7.83. The fraction of sp³-hybridized carbons (Fsp3) is 0.100. The van der Waals surface area contributed by atoms with Crippen molar-refractivity contribution in [2.75, 3.05) is 0 Å². The summed E-state index contributed by atoms with van der Waals surface area (Å²) in [5.41, 5.74) is 3.94. The molecule has 4 aromatic rings. The second-order valence-electron chi connectivity index (χ2n) is 5.79. The lowest BCUT2D eigenvalue weighted by Crippen LogP contribution is -2.02. The standard InChI is InChI=1S/C20H16ClN3/c1-24-12-11-22-20(24)19-16(13-14-7-3-2-4-8-14)18(21)15-9-5-6-10-17(15)23-19/h2-12H,13H2,1H3. The highest BCUT2D eigenvalue weighted by atomic mass is 35.5. The van der Waals surface area contributed by atoms with Crippen molar-refractivity contribution in [2.24, 2.45) is 7.05 Å². The Kier molecular flexibility index (Phi) is 3.79. The Morgan fingerprint density at radius 2 is 1.75 bits per heavy atom. The molecule has 118 valence electrons. The minimum atomic E-state index is 0.722. The number of fused-ring (bicyclic) bond motifs is 1. The van der Waals surface area contributed by atoms with Crippen LogP contribution in [0.15, 0.2) is 67.0 Å². The minimum Gasteiger partial charge on any atom is -0.333 e. The van der Waals surface area contributed by atoms with E-state index in [0.29, 0.717) is 0 Å². The molecule has 4 heteroatoms. The van der Waals surface area contributed by atoms with Crippen LogP contribution in [0.25, 0.3) is 22.4 Å². The molecule has 0 saturated carbocycles. The van der Waals surface area contributed by atoms with E-state index in [1.165, 1.54) is 5.56 Å². The molecule has 0 unspecified atom stereocenters. The van der Waals surface area contributed by atoms with Crippen LogP contribution in [0.1, 0.15) is 11.1 Å². The SMILES string of the molecule is Cn1ccnc1-c1nc2ccccc2c(Cl)c1Cc1ccccc1. The van der Waals surface area contributed by atoms with Crippen LogP contribution < -0.4 is 0 Å². The summed E-state index contributed by atoms with van der Waals surface area (Å²) in [5, 5.41) is 1.73. The predicted octanol–water partition coefficient (Wildman–Crippen LogP) is 4.88. The van der Waals surface area contributed by atoms with Crippen LogP contribution >= 0.6 is 11.6 Å². The van der Waals surface area contributed by atoms with Gasteiger partial charge in [-0.1, -0.05) is 60.1 Å². The molecular formula is C20H16ClN3. The van der Waals surface area contributed by atoms with Gasteiger partial charge >= 0.3 is 0 Å². The van der Waals surface area contributed by atoms with E-state index in [-0.39, 0.29) is 0 Å². The molecule has 3 nitrogen and oxygen atoms in total. The molecule has 0 aliphatic heterocycles. The van der Waals surface area contributed by atoms with Crippen molar-refractivity contribution in [3.63, 3.8) is 0 Å². The van der Waals surface area contributed by atoms with Gasteiger partial charge in [0.05, 0.1) is 10.5 Å². The van der Waals surface area contributed by atoms with Gasteiger partial charge in [-0.3, -0.25) is 0 Å². The van der Waals surface area contributed by atoms with E-state index in [1.807, 2.05) is 60.3 Å². The summed E-state index contributed by atoms with van der Waals surface area (Å²) in [6.45, 7) is 0. The number of halogens is 1. The molecule has 2 aromatic carbocycles. The molecule has 0 aliphatic carbocycles. The summed E-state index contributed by atoms with van der Waals surface area (Å²) in [4.78, 5) is 9.35. The Hall–Kier alpha value is -2.65. The number of nitrogens with zero attached hydrogens (tertiary/aromatic N) is 3. The fourth-order valence-corrected chi connectivity index (χ4v) is 3.27. The molecule has 24 heavy (non-hydrogen) atoms. The Bertz CT molecular complexity index is 1010. The summed E-state index contributed by atoms with van der Waals surface area (Å²) in [6.07, 6.45) is 4.43. The number of rotatable bonds is 3. The third-order valence-electron chi connectivity index (χ3n) is 4.18. The summed E-state index contributed by atoms with van der Waals surface area (Å²) < 4.78 is 1.97. The van der Waals surface area contributed by atoms with Gasteiger partial charge in [-0.05, 0) is 11.6 Å². The molecule has 4 rings (SSSR count). The first-order valence-corrected chi connectivity index (χ1v) is 8.20. The third kappa shape index (κ3) is 2.57. The first kappa shape index (κ1) is 14.9. The maximum Gasteiger partial charge on any atom is 0.158 e. The monoisotopic (exact) mass is 333 g/mol. The van der Waals surface area contributed by atoms with Crippen LogP contribution in [-0.4, -0.2) is 14.5 Å². The van der Waals surface area contributed by atoms with Crippen LogP contribution in [0, 0.1) is 0 Å². The molecule has 0 saturated heterocycles. The Morgan fingerprint density at radius 3 is 2.50 bits per heavy atom. The van der Waals surface area contributed by atoms with Crippen molar-refractivity contribution >= 4 is 22.5 Å². The zero-order valence-electron chi connectivity index (χ0n) is 13.3. The second kappa shape index (κ2) is 6.10. The van der Waals surface area contributed by atoms with Gasteiger partial charge in [0, 0.05) is 36.8 Å². The van der Waals surface area contributed by atoms with Gasteiger partial charge in [0.15, 0.2) is 5.82 Å². The quantitative estimate of drug-likeness (QED) is 0.535. The molecular weight excluding hydrogens is 318 g/mol. The van der Waals surface area contributed by atoms with E-state index < -0.39 is 0 Å². The summed E-state index contributed by atoms with van der Waals surface area (Å²) in [6, 6.07) is 18.3. The molecule has 0 atom stereocenters. The van der Waals surface area contributed by atoms with E-state index in [2.05, 4.69) is 17.1 Å². The van der Waals surface area contributed by atoms with Crippen molar-refractivity contribution in [3.8, 4) is 11.5 Å². The maximum absolute atomic E-state index is 6.79. The van der Waals surface area contributed by atoms with Gasteiger partial charge in [0.2, 0.25) is 0 Å². The Morgan fingerprint density at radius 1 is 1.00 bits per heavy atom. The molecule has 0 aliphatic rings. The normalized spacial score (nSPS) is 11.1. The highest BCUT2D eigenvalue weighted by Gasteiger charge is 2.18. The highest BCUT2D eigenvalue weighted by Crippen LogP contribution is 2.34. The number of hydrogen-bond donors (Lipinski definition) is 0. The lowest BCUT2D eigenvalue weighted by Gasteiger charge is -2.13. The van der Waals surface area contributed by atoms with Crippen LogP contribution in [0.2, 0.25) is 5.02 Å². The van der Waals surface area contributed by atoms with Crippen LogP contribution in [0.5, 0.6) is 0 Å². The van der Waals surface area contributed by atoms with Gasteiger partial charge in [0.1, 0.15) is 5.69 Å². The number of para-hydroxylation sites is 1. The van der Waals surface area contributed by atoms with Crippen LogP contribution in [0.4, 0.5) is 0 Å². The van der Waals surface area contributed by atoms with E-state index in [0.717, 1.165) is 39.4 Å². The number of imidazole rings is 1.